The fourth-order valence-corrected chi connectivity index (χ4v) is 5.61. The highest BCUT2D eigenvalue weighted by molar-refractivity contribution is 6.22. The maximum Gasteiger partial charge on any atom is 0.0645 e. The molecule has 0 bridgehead atoms. The Hall–Kier alpha value is -4.30. The van der Waals surface area contributed by atoms with E-state index < -0.39 is 36.3 Å². The van der Waals surface area contributed by atoms with E-state index in [0.717, 1.165) is 65.9 Å². The molecular weight excluding hydrogens is 436 g/mol. The third-order valence-corrected chi connectivity index (χ3v) is 7.57. The van der Waals surface area contributed by atoms with E-state index >= 15 is 0 Å². The molecule has 0 N–H and O–H groups in total. The summed E-state index contributed by atoms with van der Waals surface area (Å²) in [6.07, 6.45) is 0. The van der Waals surface area contributed by atoms with Gasteiger partial charge in [0.1, 0.15) is 0 Å². The van der Waals surface area contributed by atoms with Crippen molar-refractivity contribution in [2.75, 3.05) is 0 Å². The van der Waals surface area contributed by atoms with Gasteiger partial charge in [-0.1, -0.05) is 72.7 Å². The summed E-state index contributed by atoms with van der Waals surface area (Å²) in [5, 5.41) is 5.16. The van der Waals surface area contributed by atoms with E-state index in [1.807, 2.05) is 64.1 Å². The molecule has 2 nitrogen and oxygen atoms in total. The second-order valence-corrected chi connectivity index (χ2v) is 9.22. The third kappa shape index (κ3) is 2.73. The molecule has 174 valence electrons. The first-order chi connectivity index (χ1) is 21.7. The molecule has 0 saturated carbocycles. The van der Waals surface area contributed by atoms with Gasteiger partial charge in [-0.05, 0) is 73.8 Å². The van der Waals surface area contributed by atoms with Crippen LogP contribution in [0.2, 0.25) is 0 Å². The van der Waals surface area contributed by atoms with Gasteiger partial charge in [-0.25, -0.2) is 0 Å². The van der Waals surface area contributed by atoms with Gasteiger partial charge in [0.25, 0.3) is 0 Å². The van der Waals surface area contributed by atoms with Gasteiger partial charge in [0.05, 0.1) is 24.7 Å². The van der Waals surface area contributed by atoms with Gasteiger partial charge in [-0.2, -0.15) is 0 Å². The van der Waals surface area contributed by atoms with E-state index in [9.17, 15) is 0 Å². The monoisotopic (exact) mass is 474 g/mol. The summed E-state index contributed by atoms with van der Waals surface area (Å²) < 4.78 is 87.9. The molecule has 2 heterocycles. The van der Waals surface area contributed by atoms with Gasteiger partial charge >= 0.3 is 0 Å². The zero-order valence-electron chi connectivity index (χ0n) is 30.4. The van der Waals surface area contributed by atoms with Crippen LogP contribution < -0.4 is 0 Å². The number of aryl methyl sites for hydroxylation is 2. The molecule has 0 spiro atoms. The van der Waals surface area contributed by atoms with Gasteiger partial charge in [0.2, 0.25) is 0 Å². The molecule has 0 radical (unpaired) electrons. The first-order valence-electron chi connectivity index (χ1n) is 16.8. The summed E-state index contributed by atoms with van der Waals surface area (Å²) >= 11 is 0. The van der Waals surface area contributed by atoms with Crippen LogP contribution in [0, 0.1) is 27.7 Å². The first kappa shape index (κ1) is 13.1. The molecule has 0 aliphatic rings. The van der Waals surface area contributed by atoms with Crippen LogP contribution in [0.15, 0.2) is 96.8 Å². The largest absolute Gasteiger partial charge is 0.313 e. The van der Waals surface area contributed by atoms with Crippen molar-refractivity contribution in [1.29, 1.82) is 0 Å². The zero-order chi connectivity index (χ0) is 33.3. The highest BCUT2D eigenvalue weighted by atomic mass is 15.0. The number of aromatic nitrogens is 2. The van der Waals surface area contributed by atoms with E-state index in [0.29, 0.717) is 0 Å². The average molecular weight is 475 g/mol. The van der Waals surface area contributed by atoms with Gasteiger partial charge in [0.15, 0.2) is 0 Å². The van der Waals surface area contributed by atoms with E-state index in [1.165, 1.54) is 0 Å². The number of benzene rings is 5. The Morgan fingerprint density at radius 2 is 0.778 bits per heavy atom. The predicted molar refractivity (Wildman–Crippen MR) is 154 cm³/mol. The zero-order valence-corrected chi connectivity index (χ0v) is 20.4. The molecule has 0 unspecified atom stereocenters. The van der Waals surface area contributed by atoms with Gasteiger partial charge < -0.3 is 9.13 Å². The molecule has 0 amide bonds. The highest BCUT2D eigenvalue weighted by Gasteiger charge is 2.19. The molecule has 0 aliphatic carbocycles. The molecule has 36 heavy (non-hydrogen) atoms. The number of hydrogen-bond acceptors (Lipinski definition) is 0. The molecule has 0 aliphatic heterocycles. The second-order valence-electron chi connectivity index (χ2n) is 9.22. The standard InChI is InChI=1S/C34H28N2/c1-21-23(3)35(25-11-7-5-8-12-25)33-27(21)15-17-29-30-18-16-28-22(2)24(4)36(26-13-9-6-10-14-26)34(28)32(30)20-19-31(29)33/h5-20H,1-4H3/i5D,6D,7D,8D,9D,10D,11D,12D,13D,14D. The summed E-state index contributed by atoms with van der Waals surface area (Å²) in [6.45, 7) is 7.67. The number of rotatable bonds is 2. The fraction of sp³-hybridized carbons (Fsp3) is 0.118. The molecular formula is C34H28N2. The maximum atomic E-state index is 8.72. The predicted octanol–water partition coefficient (Wildman–Crippen LogP) is 9.11. The highest BCUT2D eigenvalue weighted by Crippen LogP contribution is 2.40. The smallest absolute Gasteiger partial charge is 0.0645 e. The third-order valence-electron chi connectivity index (χ3n) is 7.57. The number of para-hydroxylation sites is 2. The Bertz CT molecular complexity index is 2290. The van der Waals surface area contributed by atoms with Crippen molar-refractivity contribution in [2.45, 2.75) is 27.7 Å². The number of nitrogens with zero attached hydrogens (tertiary/aromatic N) is 2. The van der Waals surface area contributed by atoms with Crippen LogP contribution in [0.5, 0.6) is 0 Å². The quantitative estimate of drug-likeness (QED) is 0.221. The number of hydrogen-bond donors (Lipinski definition) is 0. The van der Waals surface area contributed by atoms with Crippen molar-refractivity contribution in [1.82, 2.24) is 9.13 Å². The molecule has 2 aromatic heterocycles. The Balaban J connectivity index is 1.65. The van der Waals surface area contributed by atoms with E-state index in [2.05, 4.69) is 0 Å². The van der Waals surface area contributed by atoms with Gasteiger partial charge in [-0.15, -0.1) is 0 Å². The summed E-state index contributed by atoms with van der Waals surface area (Å²) in [6, 6.07) is 8.28. The molecule has 7 aromatic rings. The first-order valence-corrected chi connectivity index (χ1v) is 11.8. The lowest BCUT2D eigenvalue weighted by molar-refractivity contribution is 1.04. The fourth-order valence-electron chi connectivity index (χ4n) is 5.61. The van der Waals surface area contributed by atoms with E-state index in [1.54, 1.807) is 9.13 Å². The van der Waals surface area contributed by atoms with E-state index in [-0.39, 0.29) is 35.5 Å². The van der Waals surface area contributed by atoms with Crippen LogP contribution in [-0.4, -0.2) is 9.13 Å². The minimum Gasteiger partial charge on any atom is -0.313 e. The molecule has 0 fully saturated rings. The Morgan fingerprint density at radius 1 is 0.444 bits per heavy atom. The van der Waals surface area contributed by atoms with Crippen LogP contribution in [0.4, 0.5) is 0 Å². The Morgan fingerprint density at radius 3 is 1.17 bits per heavy atom. The lowest BCUT2D eigenvalue weighted by Gasteiger charge is -2.14. The topological polar surface area (TPSA) is 9.86 Å². The summed E-state index contributed by atoms with van der Waals surface area (Å²) in [7, 11) is 0. The lowest BCUT2D eigenvalue weighted by atomic mass is 9.97. The summed E-state index contributed by atoms with van der Waals surface area (Å²) in [5.41, 5.74) is 5.01. The van der Waals surface area contributed by atoms with Crippen LogP contribution >= 0.6 is 0 Å². The number of fused-ring (bicyclic) bond motifs is 7. The van der Waals surface area contributed by atoms with Crippen molar-refractivity contribution in [3.63, 3.8) is 0 Å². The van der Waals surface area contributed by atoms with Crippen molar-refractivity contribution < 1.29 is 13.7 Å². The molecule has 2 heteroatoms. The molecule has 0 atom stereocenters. The second kappa shape index (κ2) is 7.60. The van der Waals surface area contributed by atoms with E-state index in [4.69, 9.17) is 13.7 Å². The Labute approximate surface area is 225 Å². The average Bonchev–Trinajstić information content (AvgIpc) is 3.45. The van der Waals surface area contributed by atoms with Crippen LogP contribution in [0.25, 0.3) is 54.7 Å². The lowest BCUT2D eigenvalue weighted by Crippen LogP contribution is -1.98. The molecule has 7 rings (SSSR count). The van der Waals surface area contributed by atoms with Gasteiger partial charge in [-0.3, -0.25) is 0 Å². The SMILES string of the molecule is [2H]c1c([2H])c([2H])c(-n2c(C)c(C)c3ccc4c5ccc6c(C)c(C)n(-c7c([2H])c([2H])c([2H])c([2H])c7[2H])c6c5ccc4c32)c([2H])c1[2H]. The minimum atomic E-state index is -0.447. The van der Waals surface area contributed by atoms with Crippen molar-refractivity contribution >= 4 is 43.4 Å². The summed E-state index contributed by atoms with van der Waals surface area (Å²) in [4.78, 5) is 0. The van der Waals surface area contributed by atoms with Gasteiger partial charge in [0, 0.05) is 44.3 Å². The van der Waals surface area contributed by atoms with Crippen molar-refractivity contribution in [3.05, 3.63) is 119 Å². The molecule has 5 aromatic carbocycles. The van der Waals surface area contributed by atoms with Crippen LogP contribution in [0.1, 0.15) is 36.2 Å². The van der Waals surface area contributed by atoms with Crippen molar-refractivity contribution in [2.24, 2.45) is 0 Å². The Kier molecular flexibility index (Phi) is 2.77. The normalized spacial score (nSPS) is 15.8. The molecule has 0 saturated heterocycles. The van der Waals surface area contributed by atoms with Crippen molar-refractivity contribution in [3.8, 4) is 11.4 Å². The summed E-state index contributed by atoms with van der Waals surface area (Å²) in [5.74, 6) is 0. The van der Waals surface area contributed by atoms with Crippen LogP contribution in [0.3, 0.4) is 0 Å². The van der Waals surface area contributed by atoms with Crippen LogP contribution in [-0.2, 0) is 0 Å². The maximum absolute atomic E-state index is 8.72. The minimum absolute atomic E-state index is 0.0889.